The lowest BCUT2D eigenvalue weighted by Crippen LogP contribution is -2.34. The van der Waals surface area contributed by atoms with Gasteiger partial charge in [-0.2, -0.15) is 15.0 Å². The Balaban J connectivity index is 1.09. The molecule has 3 aliphatic rings. The lowest BCUT2D eigenvalue weighted by Gasteiger charge is -2.29. The SMILES string of the molecule is Nc1nc(NC[C@H]2CC[C@H](CNCCCNC3CCCCC3)CC2)nc(N2CCCNCC2)n1. The number of nitrogen functional groups attached to an aromatic ring is 1. The highest BCUT2D eigenvalue weighted by Gasteiger charge is 2.21. The fourth-order valence-electron chi connectivity index (χ4n) is 5.65. The summed E-state index contributed by atoms with van der Waals surface area (Å²) in [6.07, 6.45) is 14.5. The predicted octanol–water partition coefficient (Wildman–Crippen LogP) is 2.37. The van der Waals surface area contributed by atoms with Crippen LogP contribution < -0.4 is 31.9 Å². The van der Waals surface area contributed by atoms with Gasteiger partial charge in [0.25, 0.3) is 0 Å². The van der Waals surface area contributed by atoms with Crippen LogP contribution in [-0.4, -0.2) is 73.4 Å². The molecule has 1 aromatic heterocycles. The summed E-state index contributed by atoms with van der Waals surface area (Å²) in [6, 6.07) is 0.782. The summed E-state index contributed by atoms with van der Waals surface area (Å²) in [4.78, 5) is 15.6. The average molecular weight is 474 g/mol. The Morgan fingerprint density at radius 1 is 0.824 bits per heavy atom. The van der Waals surface area contributed by atoms with Gasteiger partial charge in [0, 0.05) is 32.2 Å². The third-order valence-corrected chi connectivity index (χ3v) is 7.78. The van der Waals surface area contributed by atoms with Gasteiger partial charge in [0.1, 0.15) is 0 Å². The maximum atomic E-state index is 5.99. The number of nitrogens with zero attached hydrogens (tertiary/aromatic N) is 4. The van der Waals surface area contributed by atoms with E-state index in [0.717, 1.165) is 64.2 Å². The standard InChI is InChI=1S/C25H47N9/c26-23-31-24(33-25(32-23)34-16-5-13-27-15-17-34)30-19-21-10-8-20(9-11-21)18-28-12-4-14-29-22-6-2-1-3-7-22/h20-22,27-29H,1-19H2,(H3,26,30,31,32,33)/t20-,21-. The molecule has 0 radical (unpaired) electrons. The molecular formula is C25H47N9. The minimum Gasteiger partial charge on any atom is -0.368 e. The fourth-order valence-corrected chi connectivity index (χ4v) is 5.65. The largest absolute Gasteiger partial charge is 0.368 e. The molecule has 3 fully saturated rings. The van der Waals surface area contributed by atoms with Crippen molar-refractivity contribution in [2.45, 2.75) is 76.7 Å². The van der Waals surface area contributed by atoms with Crippen LogP contribution in [0, 0.1) is 11.8 Å². The molecule has 2 heterocycles. The number of hydrogen-bond donors (Lipinski definition) is 5. The van der Waals surface area contributed by atoms with Crippen molar-refractivity contribution in [3.63, 3.8) is 0 Å². The van der Waals surface area contributed by atoms with E-state index in [-0.39, 0.29) is 0 Å². The lowest BCUT2D eigenvalue weighted by molar-refractivity contribution is 0.275. The summed E-state index contributed by atoms with van der Waals surface area (Å²) in [5.74, 6) is 3.11. The van der Waals surface area contributed by atoms with E-state index in [0.29, 0.717) is 23.8 Å². The highest BCUT2D eigenvalue weighted by Crippen LogP contribution is 2.28. The molecule has 0 aromatic carbocycles. The predicted molar refractivity (Wildman–Crippen MR) is 140 cm³/mol. The Hall–Kier alpha value is -1.71. The zero-order valence-electron chi connectivity index (χ0n) is 21.0. The first-order chi connectivity index (χ1) is 16.8. The highest BCUT2D eigenvalue weighted by molar-refractivity contribution is 5.42. The number of aromatic nitrogens is 3. The molecule has 1 aliphatic heterocycles. The maximum Gasteiger partial charge on any atom is 0.231 e. The van der Waals surface area contributed by atoms with E-state index in [1.54, 1.807) is 0 Å². The molecule has 9 heteroatoms. The summed E-state index contributed by atoms with van der Waals surface area (Å²) in [6.45, 7) is 8.22. The van der Waals surface area contributed by atoms with Crippen molar-refractivity contribution in [2.75, 3.05) is 68.3 Å². The van der Waals surface area contributed by atoms with Gasteiger partial charge in [0.05, 0.1) is 0 Å². The monoisotopic (exact) mass is 473 g/mol. The second kappa shape index (κ2) is 14.0. The molecule has 4 rings (SSSR count). The summed E-state index contributed by atoms with van der Waals surface area (Å²) >= 11 is 0. The van der Waals surface area contributed by atoms with Crippen LogP contribution >= 0.6 is 0 Å². The van der Waals surface area contributed by atoms with Crippen LogP contribution in [0.25, 0.3) is 0 Å². The zero-order chi connectivity index (χ0) is 23.4. The van der Waals surface area contributed by atoms with Gasteiger partial charge in [-0.05, 0) is 89.4 Å². The first kappa shape index (κ1) is 25.4. The van der Waals surface area contributed by atoms with Gasteiger partial charge < -0.3 is 31.9 Å². The van der Waals surface area contributed by atoms with E-state index in [9.17, 15) is 0 Å². The van der Waals surface area contributed by atoms with Crippen LogP contribution in [0.1, 0.15) is 70.6 Å². The van der Waals surface area contributed by atoms with Gasteiger partial charge in [-0.25, -0.2) is 0 Å². The van der Waals surface area contributed by atoms with Gasteiger partial charge in [0.15, 0.2) is 0 Å². The second-order valence-electron chi connectivity index (χ2n) is 10.5. The molecule has 1 aromatic rings. The van der Waals surface area contributed by atoms with Crippen LogP contribution in [0.2, 0.25) is 0 Å². The van der Waals surface area contributed by atoms with Crippen LogP contribution in [-0.2, 0) is 0 Å². The number of anilines is 3. The smallest absolute Gasteiger partial charge is 0.231 e. The van der Waals surface area contributed by atoms with Crippen molar-refractivity contribution in [3.8, 4) is 0 Å². The molecule has 0 bridgehead atoms. The molecular weight excluding hydrogens is 426 g/mol. The number of nitrogens with two attached hydrogens (primary N) is 1. The summed E-state index contributed by atoms with van der Waals surface area (Å²) in [5.41, 5.74) is 5.99. The molecule has 2 aliphatic carbocycles. The van der Waals surface area contributed by atoms with Crippen LogP contribution in [0.3, 0.4) is 0 Å². The normalized spacial score (nSPS) is 24.6. The van der Waals surface area contributed by atoms with E-state index >= 15 is 0 Å². The van der Waals surface area contributed by atoms with Crippen LogP contribution in [0.5, 0.6) is 0 Å². The summed E-state index contributed by atoms with van der Waals surface area (Å²) in [5, 5.41) is 14.3. The highest BCUT2D eigenvalue weighted by atomic mass is 15.3. The van der Waals surface area contributed by atoms with Gasteiger partial charge >= 0.3 is 0 Å². The topological polar surface area (TPSA) is 116 Å². The summed E-state index contributed by atoms with van der Waals surface area (Å²) in [7, 11) is 0. The van der Waals surface area contributed by atoms with E-state index < -0.39 is 0 Å². The lowest BCUT2D eigenvalue weighted by atomic mass is 9.82. The Morgan fingerprint density at radius 2 is 1.62 bits per heavy atom. The van der Waals surface area contributed by atoms with Crippen molar-refractivity contribution in [3.05, 3.63) is 0 Å². The second-order valence-corrected chi connectivity index (χ2v) is 10.5. The molecule has 34 heavy (non-hydrogen) atoms. The van der Waals surface area contributed by atoms with Crippen molar-refractivity contribution < 1.29 is 0 Å². The van der Waals surface area contributed by atoms with Crippen LogP contribution in [0.15, 0.2) is 0 Å². The van der Waals surface area contributed by atoms with Gasteiger partial charge in [-0.1, -0.05) is 19.3 Å². The maximum absolute atomic E-state index is 5.99. The Morgan fingerprint density at radius 3 is 2.44 bits per heavy atom. The first-order valence-corrected chi connectivity index (χ1v) is 13.9. The number of nitrogens with one attached hydrogen (secondary N) is 4. The molecule has 2 saturated carbocycles. The minimum atomic E-state index is 0.299. The van der Waals surface area contributed by atoms with Gasteiger partial charge in [-0.15, -0.1) is 0 Å². The molecule has 0 atom stereocenters. The Bertz CT molecular complexity index is 694. The molecule has 0 amide bonds. The number of rotatable bonds is 11. The minimum absolute atomic E-state index is 0.299. The fraction of sp³-hybridized carbons (Fsp3) is 0.880. The quantitative estimate of drug-likeness (QED) is 0.309. The first-order valence-electron chi connectivity index (χ1n) is 13.9. The van der Waals surface area contributed by atoms with E-state index in [1.165, 1.54) is 70.8 Å². The number of hydrogen-bond acceptors (Lipinski definition) is 9. The third kappa shape index (κ3) is 8.50. The van der Waals surface area contributed by atoms with Crippen molar-refractivity contribution in [1.82, 2.24) is 30.9 Å². The summed E-state index contributed by atoms with van der Waals surface area (Å²) < 4.78 is 0. The average Bonchev–Trinajstić information content (AvgIpc) is 3.16. The van der Waals surface area contributed by atoms with E-state index in [4.69, 9.17) is 5.73 Å². The van der Waals surface area contributed by atoms with Crippen molar-refractivity contribution >= 4 is 17.8 Å². The van der Waals surface area contributed by atoms with Crippen molar-refractivity contribution in [1.29, 1.82) is 0 Å². The Kier molecular flexibility index (Phi) is 10.4. The van der Waals surface area contributed by atoms with E-state index in [1.807, 2.05) is 0 Å². The van der Waals surface area contributed by atoms with Gasteiger partial charge in [-0.3, -0.25) is 0 Å². The molecule has 9 nitrogen and oxygen atoms in total. The van der Waals surface area contributed by atoms with Crippen LogP contribution in [0.4, 0.5) is 17.8 Å². The molecule has 0 spiro atoms. The Labute approximate surface area is 205 Å². The molecule has 1 saturated heterocycles. The molecule has 192 valence electrons. The van der Waals surface area contributed by atoms with Crippen molar-refractivity contribution in [2.24, 2.45) is 11.8 Å². The third-order valence-electron chi connectivity index (χ3n) is 7.78. The van der Waals surface area contributed by atoms with Gasteiger partial charge in [0.2, 0.25) is 17.8 Å². The zero-order valence-corrected chi connectivity index (χ0v) is 21.0. The molecule has 0 unspecified atom stereocenters. The van der Waals surface area contributed by atoms with E-state index in [2.05, 4.69) is 41.1 Å². The molecule has 6 N–H and O–H groups in total.